The van der Waals surface area contributed by atoms with E-state index in [1.165, 1.54) is 77.0 Å². The monoisotopic (exact) mass is 514 g/mol. The highest BCUT2D eigenvalue weighted by Crippen LogP contribution is 2.13. The first-order valence-electron chi connectivity index (χ1n) is 14.8. The Kier molecular flexibility index (Phi) is 25.8. The van der Waals surface area contributed by atoms with Crippen molar-refractivity contribution < 1.29 is 19.1 Å². The zero-order chi connectivity index (χ0) is 26.0. The van der Waals surface area contributed by atoms with Gasteiger partial charge in [0.05, 0.1) is 26.1 Å². The number of thioether (sulfide) groups is 1. The number of carbonyl (C=O) groups is 2. The highest BCUT2D eigenvalue weighted by molar-refractivity contribution is 7.99. The molecule has 0 aromatic rings. The minimum Gasteiger partial charge on any atom is -0.466 e. The summed E-state index contributed by atoms with van der Waals surface area (Å²) in [6.45, 7) is 10.2. The van der Waals surface area contributed by atoms with Gasteiger partial charge in [0.25, 0.3) is 0 Å². The van der Waals surface area contributed by atoms with Crippen LogP contribution in [0.2, 0.25) is 0 Å². The van der Waals surface area contributed by atoms with Crippen LogP contribution in [0.15, 0.2) is 0 Å². The molecule has 0 bridgehead atoms. The second-order valence-electron chi connectivity index (χ2n) is 10.9. The highest BCUT2D eigenvalue weighted by Gasteiger charge is 2.06. The van der Waals surface area contributed by atoms with Gasteiger partial charge in [-0.2, -0.15) is 11.8 Å². The van der Waals surface area contributed by atoms with E-state index in [9.17, 15) is 9.59 Å². The molecule has 0 spiro atoms. The average Bonchev–Trinajstić information content (AvgIpc) is 2.80. The Labute approximate surface area is 222 Å². The predicted octanol–water partition coefficient (Wildman–Crippen LogP) is 9.14. The van der Waals surface area contributed by atoms with Gasteiger partial charge in [0, 0.05) is 11.5 Å². The summed E-state index contributed by atoms with van der Waals surface area (Å²) in [7, 11) is 0. The number of carbonyl (C=O) groups excluding carboxylic acids is 2. The first-order chi connectivity index (χ1) is 16.9. The summed E-state index contributed by atoms with van der Waals surface area (Å²) in [5, 5.41) is 0. The smallest absolute Gasteiger partial charge is 0.306 e. The number of hydrogen-bond donors (Lipinski definition) is 0. The number of unbranched alkanes of at least 4 members (excludes halogenated alkanes) is 12. The number of rotatable bonds is 26. The van der Waals surface area contributed by atoms with E-state index >= 15 is 0 Å². The molecule has 0 fully saturated rings. The van der Waals surface area contributed by atoms with Gasteiger partial charge in [-0.25, -0.2) is 0 Å². The van der Waals surface area contributed by atoms with Crippen molar-refractivity contribution in [2.24, 2.45) is 11.8 Å². The summed E-state index contributed by atoms with van der Waals surface area (Å²) in [5.41, 5.74) is 0. The molecule has 0 heterocycles. The van der Waals surface area contributed by atoms with Crippen LogP contribution in [-0.2, 0) is 19.1 Å². The van der Waals surface area contributed by atoms with Crippen molar-refractivity contribution in [2.75, 3.05) is 24.7 Å². The number of hydrogen-bond acceptors (Lipinski definition) is 5. The summed E-state index contributed by atoms with van der Waals surface area (Å²) < 4.78 is 10.6. The fourth-order valence-corrected chi connectivity index (χ4v) is 4.83. The largest absolute Gasteiger partial charge is 0.466 e. The lowest BCUT2D eigenvalue weighted by molar-refractivity contribution is -0.144. The third-order valence-electron chi connectivity index (χ3n) is 6.28. The molecule has 4 nitrogen and oxygen atoms in total. The van der Waals surface area contributed by atoms with Crippen molar-refractivity contribution in [2.45, 2.75) is 143 Å². The average molecular weight is 515 g/mol. The van der Waals surface area contributed by atoms with Crippen LogP contribution in [0.1, 0.15) is 143 Å². The Bertz CT molecular complexity index is 437. The standard InChI is InChI=1S/C30H58O4S/c1-27(2)19-15-11-7-5-9-13-17-23-33-29(31)21-25-35-26-22-30(32)34-24-18-14-10-6-8-12-16-20-28(3)4/h27-28H,5-26H2,1-4H3. The molecule has 0 rings (SSSR count). The third kappa shape index (κ3) is 29.4. The maximum Gasteiger partial charge on any atom is 0.306 e. The molecule has 0 saturated carbocycles. The van der Waals surface area contributed by atoms with Gasteiger partial charge in [-0.05, 0) is 24.7 Å². The first kappa shape index (κ1) is 34.3. The molecule has 0 amide bonds. The minimum absolute atomic E-state index is 0.117. The summed E-state index contributed by atoms with van der Waals surface area (Å²) in [6, 6.07) is 0. The molecule has 0 atom stereocenters. The molecule has 0 saturated heterocycles. The van der Waals surface area contributed by atoms with E-state index in [1.54, 1.807) is 11.8 Å². The van der Waals surface area contributed by atoms with E-state index in [0.29, 0.717) is 37.6 Å². The molecule has 35 heavy (non-hydrogen) atoms. The zero-order valence-electron chi connectivity index (χ0n) is 23.8. The normalized spacial score (nSPS) is 11.4. The van der Waals surface area contributed by atoms with E-state index in [2.05, 4.69) is 27.7 Å². The summed E-state index contributed by atoms with van der Waals surface area (Å²) in [4.78, 5) is 23.6. The SMILES string of the molecule is CC(C)CCCCCCCCCOC(=O)CCSCCC(=O)OCCCCCCCCCC(C)C. The Morgan fingerprint density at radius 2 is 0.829 bits per heavy atom. The highest BCUT2D eigenvalue weighted by atomic mass is 32.2. The van der Waals surface area contributed by atoms with Crippen LogP contribution >= 0.6 is 11.8 Å². The van der Waals surface area contributed by atoms with Crippen molar-refractivity contribution in [3.8, 4) is 0 Å². The first-order valence-corrected chi connectivity index (χ1v) is 16.0. The minimum atomic E-state index is -0.117. The quantitative estimate of drug-likeness (QED) is 0.0850. The van der Waals surface area contributed by atoms with Crippen LogP contribution in [0.4, 0.5) is 0 Å². The Morgan fingerprint density at radius 3 is 1.17 bits per heavy atom. The van der Waals surface area contributed by atoms with Crippen molar-refractivity contribution in [1.29, 1.82) is 0 Å². The van der Waals surface area contributed by atoms with E-state index < -0.39 is 0 Å². The molecule has 0 aliphatic carbocycles. The number of ether oxygens (including phenoxy) is 2. The zero-order valence-corrected chi connectivity index (χ0v) is 24.6. The lowest BCUT2D eigenvalue weighted by Crippen LogP contribution is -2.09. The van der Waals surface area contributed by atoms with Crippen LogP contribution in [-0.4, -0.2) is 36.7 Å². The van der Waals surface area contributed by atoms with Crippen LogP contribution < -0.4 is 0 Å². The summed E-state index contributed by atoms with van der Waals surface area (Å²) >= 11 is 1.63. The van der Waals surface area contributed by atoms with Gasteiger partial charge in [0.1, 0.15) is 0 Å². The molecular weight excluding hydrogens is 456 g/mol. The van der Waals surface area contributed by atoms with Crippen LogP contribution in [0.5, 0.6) is 0 Å². The molecule has 0 N–H and O–H groups in total. The molecule has 0 aliphatic rings. The second-order valence-corrected chi connectivity index (χ2v) is 12.1. The van der Waals surface area contributed by atoms with Crippen molar-refractivity contribution in [1.82, 2.24) is 0 Å². The molecule has 0 aromatic heterocycles. The van der Waals surface area contributed by atoms with E-state index in [-0.39, 0.29) is 11.9 Å². The maximum atomic E-state index is 11.8. The fraction of sp³-hybridized carbons (Fsp3) is 0.933. The Balaban J connectivity index is 3.30. The molecule has 0 aliphatic heterocycles. The topological polar surface area (TPSA) is 52.6 Å². The van der Waals surface area contributed by atoms with Crippen LogP contribution in [0.3, 0.4) is 0 Å². The molecule has 5 heteroatoms. The van der Waals surface area contributed by atoms with E-state index in [4.69, 9.17) is 9.47 Å². The van der Waals surface area contributed by atoms with Crippen LogP contribution in [0.25, 0.3) is 0 Å². The number of esters is 2. The molecule has 0 aromatic carbocycles. The maximum absolute atomic E-state index is 11.8. The van der Waals surface area contributed by atoms with Gasteiger partial charge >= 0.3 is 11.9 Å². The summed E-state index contributed by atoms with van der Waals surface area (Å²) in [6.07, 6.45) is 20.9. The lowest BCUT2D eigenvalue weighted by atomic mass is 10.0. The molecule has 0 unspecified atom stereocenters. The van der Waals surface area contributed by atoms with Gasteiger partial charge < -0.3 is 9.47 Å². The summed E-state index contributed by atoms with van der Waals surface area (Å²) in [5.74, 6) is 2.83. The second kappa shape index (κ2) is 26.4. The predicted molar refractivity (Wildman–Crippen MR) is 152 cm³/mol. The molecule has 0 radical (unpaired) electrons. The van der Waals surface area contributed by atoms with Gasteiger partial charge in [-0.1, -0.05) is 118 Å². The Hall–Kier alpha value is -0.710. The van der Waals surface area contributed by atoms with Gasteiger partial charge in [-0.3, -0.25) is 9.59 Å². The van der Waals surface area contributed by atoms with Crippen LogP contribution in [0, 0.1) is 11.8 Å². The lowest BCUT2D eigenvalue weighted by Gasteiger charge is -2.07. The van der Waals surface area contributed by atoms with Gasteiger partial charge in [0.15, 0.2) is 0 Å². The molecular formula is C30H58O4S. The van der Waals surface area contributed by atoms with Gasteiger partial charge in [-0.15, -0.1) is 0 Å². The Morgan fingerprint density at radius 1 is 0.514 bits per heavy atom. The van der Waals surface area contributed by atoms with Crippen molar-refractivity contribution in [3.63, 3.8) is 0 Å². The third-order valence-corrected chi connectivity index (χ3v) is 7.26. The van der Waals surface area contributed by atoms with E-state index in [0.717, 1.165) is 37.5 Å². The van der Waals surface area contributed by atoms with Crippen molar-refractivity contribution in [3.05, 3.63) is 0 Å². The van der Waals surface area contributed by atoms with E-state index in [1.807, 2.05) is 0 Å². The van der Waals surface area contributed by atoms with Crippen molar-refractivity contribution >= 4 is 23.7 Å². The van der Waals surface area contributed by atoms with Gasteiger partial charge in [0.2, 0.25) is 0 Å². The molecule has 208 valence electrons. The fourth-order valence-electron chi connectivity index (χ4n) is 4.01.